The fraction of sp³-hybridized carbons (Fsp3) is 0. The largest absolute Gasteiger partial charge is 0.451 e. The van der Waals surface area contributed by atoms with Crippen LogP contribution in [0.5, 0.6) is 0 Å². The van der Waals surface area contributed by atoms with E-state index >= 15 is 0 Å². The molecule has 6 heteroatoms. The Morgan fingerprint density at radius 3 is 2.68 bits per heavy atom. The van der Waals surface area contributed by atoms with Crippen molar-refractivity contribution in [3.63, 3.8) is 0 Å². The van der Waals surface area contributed by atoms with E-state index < -0.39 is 0 Å². The van der Waals surface area contributed by atoms with Gasteiger partial charge in [0.15, 0.2) is 11.3 Å². The first kappa shape index (κ1) is 16.6. The number of carbonyl (C=O) groups is 1. The Kier molecular flexibility index (Phi) is 3.88. The predicted molar refractivity (Wildman–Crippen MR) is 109 cm³/mol. The maximum Gasteiger partial charge on any atom is 0.291 e. The number of fused-ring (bicyclic) bond motifs is 2. The van der Waals surface area contributed by atoms with Crippen LogP contribution in [0, 0.1) is 0 Å². The average molecular weight is 389 g/mol. The molecule has 0 radical (unpaired) electrons. The summed E-state index contributed by atoms with van der Waals surface area (Å²) in [6, 6.07) is 21.8. The normalized spacial score (nSPS) is 11.2. The van der Waals surface area contributed by atoms with Crippen LogP contribution in [0.3, 0.4) is 0 Å². The molecule has 0 aliphatic carbocycles. The number of furan rings is 1. The van der Waals surface area contributed by atoms with Gasteiger partial charge in [-0.15, -0.1) is 0 Å². The third-order valence-electron chi connectivity index (χ3n) is 4.37. The summed E-state index contributed by atoms with van der Waals surface area (Å²) in [5.74, 6) is 0.387. The summed E-state index contributed by atoms with van der Waals surface area (Å²) in [6.07, 6.45) is 0. The lowest BCUT2D eigenvalue weighted by Crippen LogP contribution is -2.10. The SMILES string of the molecule is O=C(Nc1cccc(-c2nc3cc(Cl)ccc3o2)c1)c1cc2ccccc2o1. The summed E-state index contributed by atoms with van der Waals surface area (Å²) in [6.45, 7) is 0. The van der Waals surface area contributed by atoms with E-state index in [9.17, 15) is 4.79 Å². The Morgan fingerprint density at radius 1 is 0.893 bits per heavy atom. The number of halogens is 1. The van der Waals surface area contributed by atoms with Crippen LogP contribution < -0.4 is 5.32 Å². The number of nitrogens with one attached hydrogen (secondary N) is 1. The number of para-hydroxylation sites is 1. The molecule has 0 atom stereocenters. The lowest BCUT2D eigenvalue weighted by molar-refractivity contribution is 0.0998. The van der Waals surface area contributed by atoms with Crippen molar-refractivity contribution in [1.82, 2.24) is 4.98 Å². The number of oxazole rings is 1. The van der Waals surface area contributed by atoms with Gasteiger partial charge in [0.2, 0.25) is 5.89 Å². The second kappa shape index (κ2) is 6.55. The molecule has 0 aliphatic heterocycles. The zero-order chi connectivity index (χ0) is 19.1. The van der Waals surface area contributed by atoms with Gasteiger partial charge in [0.1, 0.15) is 11.1 Å². The number of amides is 1. The second-order valence-electron chi connectivity index (χ2n) is 6.31. The molecule has 5 nitrogen and oxygen atoms in total. The van der Waals surface area contributed by atoms with E-state index in [1.54, 1.807) is 36.4 Å². The lowest BCUT2D eigenvalue weighted by atomic mass is 10.2. The van der Waals surface area contributed by atoms with Crippen molar-refractivity contribution in [3.8, 4) is 11.5 Å². The number of anilines is 1. The Bertz CT molecular complexity index is 1300. The van der Waals surface area contributed by atoms with Gasteiger partial charge in [-0.3, -0.25) is 4.79 Å². The molecular weight excluding hydrogens is 376 g/mol. The van der Waals surface area contributed by atoms with Gasteiger partial charge in [0.05, 0.1) is 0 Å². The van der Waals surface area contributed by atoms with Crippen molar-refractivity contribution < 1.29 is 13.6 Å². The number of nitrogens with zero attached hydrogens (tertiary/aromatic N) is 1. The maximum absolute atomic E-state index is 12.6. The van der Waals surface area contributed by atoms with E-state index in [0.29, 0.717) is 33.3 Å². The molecule has 28 heavy (non-hydrogen) atoms. The van der Waals surface area contributed by atoms with Crippen LogP contribution in [0.4, 0.5) is 5.69 Å². The Balaban J connectivity index is 1.43. The van der Waals surface area contributed by atoms with E-state index in [-0.39, 0.29) is 11.7 Å². The highest BCUT2D eigenvalue weighted by atomic mass is 35.5. The molecular formula is C22H13ClN2O3. The Labute approximate surface area is 164 Å². The van der Waals surface area contributed by atoms with Gasteiger partial charge in [0, 0.05) is 21.7 Å². The third-order valence-corrected chi connectivity index (χ3v) is 4.60. The van der Waals surface area contributed by atoms with Crippen molar-refractivity contribution in [2.45, 2.75) is 0 Å². The zero-order valence-corrected chi connectivity index (χ0v) is 15.2. The number of hydrogen-bond donors (Lipinski definition) is 1. The monoisotopic (exact) mass is 388 g/mol. The quantitative estimate of drug-likeness (QED) is 0.402. The third kappa shape index (κ3) is 3.02. The van der Waals surface area contributed by atoms with E-state index in [1.165, 1.54) is 0 Å². The minimum atomic E-state index is -0.322. The van der Waals surface area contributed by atoms with E-state index in [0.717, 1.165) is 10.9 Å². The van der Waals surface area contributed by atoms with Gasteiger partial charge in [0.25, 0.3) is 5.91 Å². The molecule has 0 saturated carbocycles. The zero-order valence-electron chi connectivity index (χ0n) is 14.5. The number of aromatic nitrogens is 1. The maximum atomic E-state index is 12.6. The summed E-state index contributed by atoms with van der Waals surface area (Å²) in [4.78, 5) is 17.0. The smallest absolute Gasteiger partial charge is 0.291 e. The van der Waals surface area contributed by atoms with Crippen LogP contribution in [0.25, 0.3) is 33.5 Å². The molecule has 0 fully saturated rings. The van der Waals surface area contributed by atoms with Gasteiger partial charge < -0.3 is 14.2 Å². The molecule has 0 unspecified atom stereocenters. The van der Waals surface area contributed by atoms with Crippen molar-refractivity contribution in [3.05, 3.63) is 83.6 Å². The molecule has 2 heterocycles. The highest BCUT2D eigenvalue weighted by Crippen LogP contribution is 2.28. The molecule has 5 rings (SSSR count). The van der Waals surface area contributed by atoms with Crippen LogP contribution >= 0.6 is 11.6 Å². The lowest BCUT2D eigenvalue weighted by Gasteiger charge is -2.04. The predicted octanol–water partition coefficient (Wildman–Crippen LogP) is 6.15. The number of carbonyl (C=O) groups excluding carboxylic acids is 1. The summed E-state index contributed by atoms with van der Waals surface area (Å²) >= 11 is 6.01. The van der Waals surface area contributed by atoms with Crippen molar-refractivity contribution in [1.29, 1.82) is 0 Å². The molecule has 0 spiro atoms. The van der Waals surface area contributed by atoms with Crippen LogP contribution in [0.1, 0.15) is 10.6 Å². The highest BCUT2D eigenvalue weighted by Gasteiger charge is 2.14. The highest BCUT2D eigenvalue weighted by molar-refractivity contribution is 6.31. The molecule has 136 valence electrons. The van der Waals surface area contributed by atoms with Crippen LogP contribution in [-0.4, -0.2) is 10.9 Å². The summed E-state index contributed by atoms with van der Waals surface area (Å²) in [5.41, 5.74) is 3.36. The van der Waals surface area contributed by atoms with Gasteiger partial charge in [-0.05, 0) is 48.5 Å². The molecule has 0 saturated heterocycles. The van der Waals surface area contributed by atoms with Crippen molar-refractivity contribution in [2.75, 3.05) is 5.32 Å². The van der Waals surface area contributed by atoms with Gasteiger partial charge in [-0.25, -0.2) is 4.98 Å². The molecule has 1 amide bonds. The van der Waals surface area contributed by atoms with Crippen LogP contribution in [-0.2, 0) is 0 Å². The van der Waals surface area contributed by atoms with Crippen molar-refractivity contribution >= 4 is 45.3 Å². The minimum Gasteiger partial charge on any atom is -0.451 e. The first-order valence-corrected chi connectivity index (χ1v) is 9.00. The Morgan fingerprint density at radius 2 is 1.79 bits per heavy atom. The van der Waals surface area contributed by atoms with E-state index in [4.69, 9.17) is 20.4 Å². The summed E-state index contributed by atoms with van der Waals surface area (Å²) < 4.78 is 11.4. The second-order valence-corrected chi connectivity index (χ2v) is 6.75. The molecule has 0 bridgehead atoms. The van der Waals surface area contributed by atoms with E-state index in [2.05, 4.69) is 10.3 Å². The fourth-order valence-corrected chi connectivity index (χ4v) is 3.21. The first-order chi connectivity index (χ1) is 13.7. The molecule has 0 aliphatic rings. The van der Waals surface area contributed by atoms with Gasteiger partial charge in [-0.1, -0.05) is 35.9 Å². The molecule has 1 N–H and O–H groups in total. The minimum absolute atomic E-state index is 0.253. The van der Waals surface area contributed by atoms with Gasteiger partial charge in [-0.2, -0.15) is 0 Å². The standard InChI is InChI=1S/C22H13ClN2O3/c23-15-8-9-19-17(12-15)25-22(28-19)14-5-3-6-16(10-14)24-21(26)20-11-13-4-1-2-7-18(13)27-20/h1-12H,(H,24,26). The number of benzene rings is 3. The van der Waals surface area contributed by atoms with Crippen molar-refractivity contribution in [2.24, 2.45) is 0 Å². The van der Waals surface area contributed by atoms with E-state index in [1.807, 2.05) is 36.4 Å². The molecule has 3 aromatic carbocycles. The topological polar surface area (TPSA) is 68.3 Å². The molecule has 2 aromatic heterocycles. The molecule has 5 aromatic rings. The first-order valence-electron chi connectivity index (χ1n) is 8.62. The summed E-state index contributed by atoms with van der Waals surface area (Å²) in [7, 11) is 0. The summed E-state index contributed by atoms with van der Waals surface area (Å²) in [5, 5.41) is 4.33. The Hall–Kier alpha value is -3.57. The van der Waals surface area contributed by atoms with Crippen LogP contribution in [0.15, 0.2) is 81.6 Å². The number of hydrogen-bond acceptors (Lipinski definition) is 4. The van der Waals surface area contributed by atoms with Crippen LogP contribution in [0.2, 0.25) is 5.02 Å². The average Bonchev–Trinajstić information content (AvgIpc) is 3.32. The fourth-order valence-electron chi connectivity index (χ4n) is 3.04. The number of rotatable bonds is 3. The van der Waals surface area contributed by atoms with Gasteiger partial charge >= 0.3 is 0 Å².